The second kappa shape index (κ2) is 10.00. The van der Waals surface area contributed by atoms with Gasteiger partial charge in [0.15, 0.2) is 0 Å². The zero-order valence-corrected chi connectivity index (χ0v) is 17.1. The molecule has 0 saturated heterocycles. The molecule has 0 aliphatic heterocycles. The Balaban J connectivity index is 0.000000495. The molecule has 2 rings (SSSR count). The van der Waals surface area contributed by atoms with Crippen LogP contribution in [0.25, 0.3) is 0 Å². The minimum Gasteiger partial charge on any atom is -0.326 e. The fraction of sp³-hybridized carbons (Fsp3) is 0.625. The summed E-state index contributed by atoms with van der Waals surface area (Å²) in [5.74, 6) is 0. The van der Waals surface area contributed by atoms with Crippen molar-refractivity contribution >= 4 is 10.0 Å². The Hall–Kier alpha value is -0.497. The number of nitrogens with two attached hydrogens (primary N) is 1. The normalized spacial score (nSPS) is 20.9. The molecular weight excluding hydrogens is 442 g/mol. The molecule has 2 atom stereocenters. The predicted molar refractivity (Wildman–Crippen MR) is 89.0 cm³/mol. The van der Waals surface area contributed by atoms with E-state index in [2.05, 4.69) is 39.0 Å². The Morgan fingerprint density at radius 2 is 1.56 bits per heavy atom. The molecule has 1 aliphatic carbocycles. The van der Waals surface area contributed by atoms with Crippen molar-refractivity contribution in [1.82, 2.24) is 4.72 Å². The summed E-state index contributed by atoms with van der Waals surface area (Å²) < 4.78 is 59.2. The first-order chi connectivity index (χ1) is 11.0. The van der Waals surface area contributed by atoms with Crippen LogP contribution in [0.5, 0.6) is 0 Å². The molecule has 9 heteroatoms. The first-order valence-electron chi connectivity index (χ1n) is 7.82. The molecule has 1 saturated carbocycles. The van der Waals surface area contributed by atoms with Gasteiger partial charge in [0.25, 0.3) is 0 Å². The van der Waals surface area contributed by atoms with E-state index in [4.69, 9.17) is 5.73 Å². The van der Waals surface area contributed by atoms with E-state index in [-0.39, 0.29) is 19.5 Å². The maximum atomic E-state index is 12.0. The van der Waals surface area contributed by atoms with Crippen LogP contribution in [-0.2, 0) is 29.5 Å². The summed E-state index contributed by atoms with van der Waals surface area (Å²) in [4.78, 5) is 0. The summed E-state index contributed by atoms with van der Waals surface area (Å²) >= 11 is 0. The molecule has 0 heterocycles. The van der Waals surface area contributed by atoms with Gasteiger partial charge < -0.3 is 5.73 Å². The number of hydrogen-bond acceptors (Lipinski definition) is 3. The molecule has 0 unspecified atom stereocenters. The van der Waals surface area contributed by atoms with Crippen LogP contribution >= 0.6 is 0 Å². The van der Waals surface area contributed by atoms with Crippen LogP contribution in [0.15, 0.2) is 18.2 Å². The fourth-order valence-electron chi connectivity index (χ4n) is 2.47. The standard InChI is InChI=1S/C9H12.C7H13F3N2O2S.Ru/c1-7-5-4-6-8(2)9(7)3;8-7(9,10)15(13,14)12-6-4-2-1-3-5(6)11;/h4-6H,1-3H3;5-6,12H,1-4,11H2;/t;5-,6-;/m.1./s1. The average molecular weight is 468 g/mol. The molecule has 1 aromatic carbocycles. The molecule has 1 fully saturated rings. The minimum atomic E-state index is -5.26. The van der Waals surface area contributed by atoms with Crippen LogP contribution in [0.1, 0.15) is 42.4 Å². The molecule has 0 amide bonds. The first kappa shape index (κ1) is 24.5. The second-order valence-electron chi connectivity index (χ2n) is 6.14. The molecule has 146 valence electrons. The second-order valence-corrected chi connectivity index (χ2v) is 7.84. The van der Waals surface area contributed by atoms with Gasteiger partial charge in [-0.1, -0.05) is 31.0 Å². The van der Waals surface area contributed by atoms with Crippen LogP contribution in [-0.4, -0.2) is 26.0 Å². The fourth-order valence-corrected chi connectivity index (χ4v) is 3.29. The van der Waals surface area contributed by atoms with E-state index in [1.807, 2.05) is 0 Å². The Bertz CT molecular complexity index is 631. The molecule has 0 radical (unpaired) electrons. The maximum Gasteiger partial charge on any atom is 0.511 e. The van der Waals surface area contributed by atoms with Crippen molar-refractivity contribution in [3.8, 4) is 0 Å². The Labute approximate surface area is 160 Å². The summed E-state index contributed by atoms with van der Waals surface area (Å²) in [5, 5.41) is 0. The number of sulfonamides is 1. The SMILES string of the molecule is Cc1cccc(C)c1C.N[C@@H]1CCCC[C@H]1NS(=O)(=O)C(F)(F)F.[Ru]. The first-order valence-corrected chi connectivity index (χ1v) is 9.31. The number of halogens is 3. The number of rotatable bonds is 2. The molecule has 4 nitrogen and oxygen atoms in total. The van der Waals surface area contributed by atoms with Crippen molar-refractivity contribution in [2.24, 2.45) is 5.73 Å². The average Bonchev–Trinajstić information content (AvgIpc) is 2.46. The monoisotopic (exact) mass is 468 g/mol. The summed E-state index contributed by atoms with van der Waals surface area (Å²) in [6.07, 6.45) is 2.42. The Morgan fingerprint density at radius 1 is 1.08 bits per heavy atom. The van der Waals surface area contributed by atoms with Crippen molar-refractivity contribution in [3.63, 3.8) is 0 Å². The van der Waals surface area contributed by atoms with Gasteiger partial charge in [-0.25, -0.2) is 13.1 Å². The van der Waals surface area contributed by atoms with Gasteiger partial charge in [0.2, 0.25) is 0 Å². The number of aryl methyl sites for hydroxylation is 2. The summed E-state index contributed by atoms with van der Waals surface area (Å²) in [6, 6.07) is 5.05. The van der Waals surface area contributed by atoms with Crippen molar-refractivity contribution in [1.29, 1.82) is 0 Å². The van der Waals surface area contributed by atoms with Crippen LogP contribution in [0.3, 0.4) is 0 Å². The number of nitrogens with one attached hydrogen (secondary N) is 1. The van der Waals surface area contributed by atoms with Gasteiger partial charge in [0.05, 0.1) is 0 Å². The quantitative estimate of drug-likeness (QED) is 0.656. The predicted octanol–water partition coefficient (Wildman–Crippen LogP) is 3.30. The minimum absolute atomic E-state index is 0. The van der Waals surface area contributed by atoms with Crippen LogP contribution in [0.4, 0.5) is 13.2 Å². The van der Waals surface area contributed by atoms with Crippen molar-refractivity contribution < 1.29 is 41.1 Å². The summed E-state index contributed by atoms with van der Waals surface area (Å²) in [6.45, 7) is 6.44. The van der Waals surface area contributed by atoms with Crippen molar-refractivity contribution in [2.75, 3.05) is 0 Å². The van der Waals surface area contributed by atoms with Crippen LogP contribution in [0.2, 0.25) is 0 Å². The van der Waals surface area contributed by atoms with Crippen LogP contribution < -0.4 is 10.5 Å². The Kier molecular flexibility index (Phi) is 9.80. The molecular formula is C16H25F3N2O2RuS. The van der Waals surface area contributed by atoms with Gasteiger partial charge in [-0.3, -0.25) is 0 Å². The molecule has 0 aromatic heterocycles. The van der Waals surface area contributed by atoms with E-state index < -0.39 is 27.6 Å². The molecule has 0 spiro atoms. The van der Waals surface area contributed by atoms with Gasteiger partial charge in [-0.2, -0.15) is 13.2 Å². The summed E-state index contributed by atoms with van der Waals surface area (Å²) in [5.41, 5.74) is 4.46. The number of benzene rings is 1. The largest absolute Gasteiger partial charge is 0.511 e. The molecule has 1 aromatic rings. The van der Waals surface area contributed by atoms with Gasteiger partial charge in [-0.05, 0) is 50.3 Å². The number of alkyl halides is 3. The van der Waals surface area contributed by atoms with Crippen molar-refractivity contribution in [3.05, 3.63) is 34.9 Å². The maximum absolute atomic E-state index is 12.0. The van der Waals surface area contributed by atoms with E-state index in [0.29, 0.717) is 19.3 Å². The molecule has 0 bridgehead atoms. The van der Waals surface area contributed by atoms with E-state index in [0.717, 1.165) is 6.42 Å². The third-order valence-electron chi connectivity index (χ3n) is 4.31. The van der Waals surface area contributed by atoms with E-state index >= 15 is 0 Å². The smallest absolute Gasteiger partial charge is 0.326 e. The zero-order valence-electron chi connectivity index (χ0n) is 14.5. The van der Waals surface area contributed by atoms with Gasteiger partial charge in [0, 0.05) is 31.6 Å². The molecule has 3 N–H and O–H groups in total. The third-order valence-corrected chi connectivity index (χ3v) is 5.53. The van der Waals surface area contributed by atoms with Gasteiger partial charge >= 0.3 is 15.5 Å². The zero-order chi connectivity index (χ0) is 18.5. The third kappa shape index (κ3) is 7.33. The van der Waals surface area contributed by atoms with E-state index in [1.165, 1.54) is 16.7 Å². The van der Waals surface area contributed by atoms with Gasteiger partial charge in [0.1, 0.15) is 0 Å². The topological polar surface area (TPSA) is 72.2 Å². The number of hydrogen-bond donors (Lipinski definition) is 2. The Morgan fingerprint density at radius 3 is 1.96 bits per heavy atom. The van der Waals surface area contributed by atoms with E-state index in [9.17, 15) is 21.6 Å². The van der Waals surface area contributed by atoms with E-state index in [1.54, 1.807) is 4.72 Å². The molecule has 25 heavy (non-hydrogen) atoms. The molecule has 1 aliphatic rings. The van der Waals surface area contributed by atoms with Crippen LogP contribution in [0, 0.1) is 20.8 Å². The van der Waals surface area contributed by atoms with Crippen molar-refractivity contribution in [2.45, 2.75) is 64.0 Å². The van der Waals surface area contributed by atoms with Gasteiger partial charge in [-0.15, -0.1) is 0 Å². The summed E-state index contributed by atoms with van der Waals surface area (Å²) in [7, 11) is -5.26.